The standard InChI is InChI=1S/C10H14Cl2N2O3S2/c1-18(15)4-2-3-14-19(16,17)10-8(11)5-7(13)6-9(10)12/h5-6,14H,2-4,13H2,1H3. The molecule has 0 saturated heterocycles. The Bertz CT molecular complexity index is 567. The minimum absolute atomic E-state index is 0.0310. The molecular weight excluding hydrogens is 331 g/mol. The normalized spacial score (nSPS) is 13.4. The van der Waals surface area contributed by atoms with E-state index in [4.69, 9.17) is 28.9 Å². The van der Waals surface area contributed by atoms with E-state index in [0.29, 0.717) is 12.2 Å². The van der Waals surface area contributed by atoms with E-state index >= 15 is 0 Å². The van der Waals surface area contributed by atoms with Crippen LogP contribution < -0.4 is 10.5 Å². The highest BCUT2D eigenvalue weighted by Gasteiger charge is 2.21. The molecule has 5 nitrogen and oxygen atoms in total. The minimum atomic E-state index is -3.80. The fourth-order valence-electron chi connectivity index (χ4n) is 1.39. The van der Waals surface area contributed by atoms with Gasteiger partial charge >= 0.3 is 0 Å². The summed E-state index contributed by atoms with van der Waals surface area (Å²) < 4.78 is 37.3. The van der Waals surface area contributed by atoms with Gasteiger partial charge in [0, 0.05) is 35.0 Å². The SMILES string of the molecule is CS(=O)CCCNS(=O)(=O)c1c(Cl)cc(N)cc1Cl. The number of nitrogen functional groups attached to an aromatic ring is 1. The van der Waals surface area contributed by atoms with Crippen molar-refractivity contribution < 1.29 is 12.6 Å². The molecule has 0 aliphatic heterocycles. The van der Waals surface area contributed by atoms with Crippen molar-refractivity contribution in [3.05, 3.63) is 22.2 Å². The van der Waals surface area contributed by atoms with Crippen LogP contribution in [0.4, 0.5) is 5.69 Å². The summed E-state index contributed by atoms with van der Waals surface area (Å²) in [5, 5.41) is -0.0619. The maximum absolute atomic E-state index is 12.0. The monoisotopic (exact) mass is 344 g/mol. The van der Waals surface area contributed by atoms with Gasteiger partial charge in [0.15, 0.2) is 0 Å². The molecule has 0 bridgehead atoms. The molecule has 0 aliphatic carbocycles. The summed E-state index contributed by atoms with van der Waals surface area (Å²) in [6, 6.07) is 2.65. The van der Waals surface area contributed by atoms with Crippen LogP contribution in [0.5, 0.6) is 0 Å². The van der Waals surface area contributed by atoms with Gasteiger partial charge in [-0.1, -0.05) is 23.2 Å². The Labute approximate surface area is 125 Å². The van der Waals surface area contributed by atoms with Crippen LogP contribution in [0.2, 0.25) is 10.0 Å². The largest absolute Gasteiger partial charge is 0.399 e. The maximum atomic E-state index is 12.0. The van der Waals surface area contributed by atoms with Crippen LogP contribution >= 0.6 is 23.2 Å². The van der Waals surface area contributed by atoms with Crippen LogP contribution in [0.25, 0.3) is 0 Å². The second-order valence-electron chi connectivity index (χ2n) is 3.84. The second-order valence-corrected chi connectivity index (χ2v) is 7.92. The number of hydrogen-bond acceptors (Lipinski definition) is 4. The van der Waals surface area contributed by atoms with Gasteiger partial charge in [-0.05, 0) is 18.6 Å². The van der Waals surface area contributed by atoms with Gasteiger partial charge in [0.05, 0.1) is 10.0 Å². The summed E-state index contributed by atoms with van der Waals surface area (Å²) in [4.78, 5) is -0.192. The molecule has 0 amide bonds. The molecule has 0 heterocycles. The van der Waals surface area contributed by atoms with Gasteiger partial charge in [0.25, 0.3) is 0 Å². The molecule has 1 atom stereocenters. The average Bonchev–Trinajstić information content (AvgIpc) is 2.22. The topological polar surface area (TPSA) is 89.3 Å². The number of anilines is 1. The number of nitrogens with two attached hydrogens (primary N) is 1. The number of rotatable bonds is 6. The molecule has 0 spiro atoms. The van der Waals surface area contributed by atoms with Crippen LogP contribution in [-0.2, 0) is 20.8 Å². The molecule has 3 N–H and O–H groups in total. The Balaban J connectivity index is 2.86. The van der Waals surface area contributed by atoms with E-state index in [2.05, 4.69) is 4.72 Å². The number of halogens is 2. The lowest BCUT2D eigenvalue weighted by atomic mass is 10.3. The third-order valence-electron chi connectivity index (χ3n) is 2.19. The van der Waals surface area contributed by atoms with Crippen molar-refractivity contribution in [3.8, 4) is 0 Å². The molecule has 19 heavy (non-hydrogen) atoms. The highest BCUT2D eigenvalue weighted by atomic mass is 35.5. The average molecular weight is 345 g/mol. The van der Waals surface area contributed by atoms with Gasteiger partial charge in [-0.25, -0.2) is 13.1 Å². The van der Waals surface area contributed by atoms with E-state index in [1.165, 1.54) is 12.1 Å². The quantitative estimate of drug-likeness (QED) is 0.606. The summed E-state index contributed by atoms with van der Waals surface area (Å²) >= 11 is 11.7. The van der Waals surface area contributed by atoms with Crippen molar-refractivity contribution in [2.45, 2.75) is 11.3 Å². The van der Waals surface area contributed by atoms with Crippen LogP contribution in [0, 0.1) is 0 Å². The van der Waals surface area contributed by atoms with Crippen molar-refractivity contribution in [1.82, 2.24) is 4.72 Å². The van der Waals surface area contributed by atoms with Crippen LogP contribution in [-0.4, -0.2) is 31.2 Å². The first-order chi connectivity index (χ1) is 8.74. The number of sulfonamides is 1. The number of benzene rings is 1. The van der Waals surface area contributed by atoms with Crippen LogP contribution in [0.3, 0.4) is 0 Å². The lowest BCUT2D eigenvalue weighted by Crippen LogP contribution is -2.26. The molecule has 0 aromatic heterocycles. The zero-order valence-electron chi connectivity index (χ0n) is 10.2. The van der Waals surface area contributed by atoms with Gasteiger partial charge in [-0.15, -0.1) is 0 Å². The summed E-state index contributed by atoms with van der Waals surface area (Å²) in [7, 11) is -4.76. The van der Waals surface area contributed by atoms with E-state index in [-0.39, 0.29) is 27.2 Å². The smallest absolute Gasteiger partial charge is 0.243 e. The summed E-state index contributed by atoms with van der Waals surface area (Å²) in [6.07, 6.45) is 2.02. The second kappa shape index (κ2) is 6.90. The molecule has 0 saturated carbocycles. The summed E-state index contributed by atoms with van der Waals surface area (Å²) in [6.45, 7) is 0.166. The summed E-state index contributed by atoms with van der Waals surface area (Å²) in [5.74, 6) is 0.422. The molecule has 1 aromatic carbocycles. The third-order valence-corrected chi connectivity index (χ3v) is 5.44. The van der Waals surface area contributed by atoms with E-state index in [1.807, 2.05) is 0 Å². The van der Waals surface area contributed by atoms with E-state index in [9.17, 15) is 12.6 Å². The zero-order chi connectivity index (χ0) is 14.6. The van der Waals surface area contributed by atoms with E-state index in [1.54, 1.807) is 6.26 Å². The lowest BCUT2D eigenvalue weighted by Gasteiger charge is -2.10. The van der Waals surface area contributed by atoms with Gasteiger partial charge in [0.1, 0.15) is 4.90 Å². The number of nitrogens with one attached hydrogen (secondary N) is 1. The Hall–Kier alpha value is -0.340. The van der Waals surface area contributed by atoms with Crippen molar-refractivity contribution >= 4 is 49.7 Å². The van der Waals surface area contributed by atoms with Gasteiger partial charge in [0.2, 0.25) is 10.0 Å². The fourth-order valence-corrected chi connectivity index (χ4v) is 4.24. The third kappa shape index (κ3) is 4.92. The minimum Gasteiger partial charge on any atom is -0.399 e. The highest BCUT2D eigenvalue weighted by molar-refractivity contribution is 7.89. The van der Waals surface area contributed by atoms with E-state index in [0.717, 1.165) is 0 Å². The van der Waals surface area contributed by atoms with Crippen molar-refractivity contribution in [2.75, 3.05) is 24.3 Å². The molecule has 0 aliphatic rings. The Morgan fingerprint density at radius 1 is 1.32 bits per heavy atom. The lowest BCUT2D eigenvalue weighted by molar-refractivity contribution is 0.581. The first-order valence-corrected chi connectivity index (χ1v) is 9.25. The maximum Gasteiger partial charge on any atom is 0.243 e. The molecule has 9 heteroatoms. The predicted molar refractivity (Wildman–Crippen MR) is 79.6 cm³/mol. The molecular formula is C10H14Cl2N2O3S2. The Kier molecular flexibility index (Phi) is 6.07. The summed E-state index contributed by atoms with van der Waals surface area (Å²) in [5.41, 5.74) is 5.80. The highest BCUT2D eigenvalue weighted by Crippen LogP contribution is 2.31. The Morgan fingerprint density at radius 2 is 1.84 bits per heavy atom. The van der Waals surface area contributed by atoms with Gasteiger partial charge in [-0.3, -0.25) is 4.21 Å². The van der Waals surface area contributed by atoms with Crippen molar-refractivity contribution in [2.24, 2.45) is 0 Å². The fraction of sp³-hybridized carbons (Fsp3) is 0.400. The molecule has 1 unspecified atom stereocenters. The zero-order valence-corrected chi connectivity index (χ0v) is 13.3. The van der Waals surface area contributed by atoms with Crippen LogP contribution in [0.1, 0.15) is 6.42 Å². The van der Waals surface area contributed by atoms with E-state index < -0.39 is 20.8 Å². The predicted octanol–water partition coefficient (Wildman–Crippen LogP) is 1.62. The molecule has 0 fully saturated rings. The first kappa shape index (κ1) is 16.7. The molecule has 0 radical (unpaired) electrons. The first-order valence-electron chi connectivity index (χ1n) is 5.28. The van der Waals surface area contributed by atoms with Gasteiger partial charge < -0.3 is 5.73 Å². The van der Waals surface area contributed by atoms with Crippen LogP contribution in [0.15, 0.2) is 17.0 Å². The van der Waals surface area contributed by atoms with Crippen molar-refractivity contribution in [1.29, 1.82) is 0 Å². The molecule has 1 aromatic rings. The number of hydrogen-bond donors (Lipinski definition) is 2. The van der Waals surface area contributed by atoms with Gasteiger partial charge in [-0.2, -0.15) is 0 Å². The molecule has 1 rings (SSSR count). The molecule has 108 valence electrons. The van der Waals surface area contributed by atoms with Crippen molar-refractivity contribution in [3.63, 3.8) is 0 Å². The Morgan fingerprint density at radius 3 is 2.32 bits per heavy atom.